The lowest BCUT2D eigenvalue weighted by molar-refractivity contribution is -0.123. The Bertz CT molecular complexity index is 393. The van der Waals surface area contributed by atoms with Crippen LogP contribution in [0.1, 0.15) is 43.7 Å². The molecule has 17 heavy (non-hydrogen) atoms. The summed E-state index contributed by atoms with van der Waals surface area (Å²) in [5, 5.41) is 3.26. The van der Waals surface area contributed by atoms with Gasteiger partial charge >= 0.3 is 0 Å². The second-order valence-electron chi connectivity index (χ2n) is 5.36. The van der Waals surface area contributed by atoms with Gasteiger partial charge in [-0.05, 0) is 37.2 Å². The van der Waals surface area contributed by atoms with E-state index in [0.29, 0.717) is 11.8 Å². The van der Waals surface area contributed by atoms with Crippen LogP contribution in [0.4, 0.5) is 0 Å². The number of rotatable bonds is 4. The van der Waals surface area contributed by atoms with Crippen LogP contribution in [0.25, 0.3) is 0 Å². The summed E-state index contributed by atoms with van der Waals surface area (Å²) in [6.45, 7) is 0. The van der Waals surface area contributed by atoms with E-state index in [1.165, 1.54) is 24.8 Å². The second-order valence-corrected chi connectivity index (χ2v) is 5.36. The Labute approximate surface area is 102 Å². The topological polar surface area (TPSA) is 29.1 Å². The Kier molecular flexibility index (Phi) is 2.87. The second kappa shape index (κ2) is 4.52. The molecule has 0 saturated heterocycles. The van der Waals surface area contributed by atoms with E-state index in [0.717, 1.165) is 12.8 Å². The molecule has 0 aromatic heterocycles. The molecule has 1 aromatic rings. The normalized spacial score (nSPS) is 21.6. The lowest BCUT2D eigenvalue weighted by atomic mass is 9.77. The third kappa shape index (κ3) is 2.36. The Hall–Kier alpha value is -1.31. The number of carbonyl (C=O) groups excluding carboxylic acids is 1. The number of hydrogen-bond donors (Lipinski definition) is 1. The van der Waals surface area contributed by atoms with Crippen molar-refractivity contribution in [1.29, 1.82) is 0 Å². The molecule has 3 rings (SSSR count). The van der Waals surface area contributed by atoms with Crippen LogP contribution in [0.15, 0.2) is 30.3 Å². The summed E-state index contributed by atoms with van der Waals surface area (Å²) in [6.07, 6.45) is 5.98. The molecule has 1 aromatic carbocycles. The van der Waals surface area contributed by atoms with Gasteiger partial charge in [0.2, 0.25) is 5.91 Å². The fourth-order valence-electron chi connectivity index (χ4n) is 2.52. The van der Waals surface area contributed by atoms with Gasteiger partial charge in [-0.15, -0.1) is 0 Å². The maximum atomic E-state index is 11.9. The fraction of sp³-hybridized carbons (Fsp3) is 0.533. The predicted molar refractivity (Wildman–Crippen MR) is 67.4 cm³/mol. The van der Waals surface area contributed by atoms with Gasteiger partial charge in [-0.2, -0.15) is 0 Å². The van der Waals surface area contributed by atoms with Crippen molar-refractivity contribution >= 4 is 5.91 Å². The molecule has 2 nitrogen and oxygen atoms in total. The molecule has 2 fully saturated rings. The number of hydrogen-bond acceptors (Lipinski definition) is 1. The highest BCUT2D eigenvalue weighted by atomic mass is 16.2. The van der Waals surface area contributed by atoms with Gasteiger partial charge in [0.15, 0.2) is 0 Å². The largest absolute Gasteiger partial charge is 0.349 e. The first-order valence-electron chi connectivity index (χ1n) is 6.70. The predicted octanol–water partition coefficient (Wildman–Crippen LogP) is 3.05. The average molecular weight is 229 g/mol. The van der Waals surface area contributed by atoms with Gasteiger partial charge in [-0.25, -0.2) is 0 Å². The molecule has 2 heteroatoms. The third-order valence-corrected chi connectivity index (χ3v) is 4.03. The molecule has 0 radical (unpaired) electrons. The van der Waals surface area contributed by atoms with Crippen LogP contribution in [-0.2, 0) is 4.79 Å². The van der Waals surface area contributed by atoms with E-state index >= 15 is 0 Å². The summed E-state index contributed by atoms with van der Waals surface area (Å²) >= 11 is 0. The molecule has 0 heterocycles. The van der Waals surface area contributed by atoms with Crippen molar-refractivity contribution in [1.82, 2.24) is 5.32 Å². The summed E-state index contributed by atoms with van der Waals surface area (Å²) in [5.74, 6) is 1.23. The number of nitrogens with one attached hydrogen (secondary N) is 1. The molecule has 2 aliphatic carbocycles. The lowest BCUT2D eigenvalue weighted by Gasteiger charge is -2.34. The van der Waals surface area contributed by atoms with Gasteiger partial charge in [0.25, 0.3) is 0 Å². The van der Waals surface area contributed by atoms with E-state index in [9.17, 15) is 4.79 Å². The summed E-state index contributed by atoms with van der Waals surface area (Å²) < 4.78 is 0. The zero-order valence-electron chi connectivity index (χ0n) is 10.1. The van der Waals surface area contributed by atoms with Crippen LogP contribution >= 0.6 is 0 Å². The highest BCUT2D eigenvalue weighted by molar-refractivity contribution is 5.81. The van der Waals surface area contributed by atoms with Crippen LogP contribution in [-0.4, -0.2) is 5.91 Å². The Morgan fingerprint density at radius 1 is 1.12 bits per heavy atom. The first-order valence-corrected chi connectivity index (χ1v) is 6.70. The van der Waals surface area contributed by atoms with Gasteiger partial charge in [0.05, 0.1) is 6.04 Å². The van der Waals surface area contributed by atoms with E-state index in [2.05, 4.69) is 29.6 Å². The molecule has 2 aliphatic rings. The minimum atomic E-state index is 0.248. The Balaban J connectivity index is 1.74. The maximum absolute atomic E-state index is 11.9. The van der Waals surface area contributed by atoms with Crippen molar-refractivity contribution < 1.29 is 4.79 Å². The molecule has 1 atom stereocenters. The van der Waals surface area contributed by atoms with Gasteiger partial charge in [-0.1, -0.05) is 36.8 Å². The zero-order chi connectivity index (χ0) is 11.7. The molecular weight excluding hydrogens is 210 g/mol. The molecule has 2 saturated carbocycles. The highest BCUT2D eigenvalue weighted by Gasteiger charge is 2.35. The van der Waals surface area contributed by atoms with E-state index in [1.54, 1.807) is 0 Å². The third-order valence-electron chi connectivity index (χ3n) is 4.03. The van der Waals surface area contributed by atoms with Crippen LogP contribution in [0.2, 0.25) is 0 Å². The summed E-state index contributed by atoms with van der Waals surface area (Å²) in [4.78, 5) is 11.9. The first kappa shape index (κ1) is 10.8. The van der Waals surface area contributed by atoms with Crippen molar-refractivity contribution in [3.8, 4) is 0 Å². The molecule has 1 amide bonds. The van der Waals surface area contributed by atoms with Crippen LogP contribution in [0.3, 0.4) is 0 Å². The smallest absolute Gasteiger partial charge is 0.223 e. The van der Waals surface area contributed by atoms with E-state index in [4.69, 9.17) is 0 Å². The van der Waals surface area contributed by atoms with Crippen molar-refractivity contribution in [3.05, 3.63) is 35.9 Å². The van der Waals surface area contributed by atoms with Crippen LogP contribution < -0.4 is 5.32 Å². The van der Waals surface area contributed by atoms with Crippen molar-refractivity contribution in [2.75, 3.05) is 0 Å². The fourth-order valence-corrected chi connectivity index (χ4v) is 2.52. The minimum absolute atomic E-state index is 0.248. The van der Waals surface area contributed by atoms with Crippen molar-refractivity contribution in [3.63, 3.8) is 0 Å². The lowest BCUT2D eigenvalue weighted by Crippen LogP contribution is -2.36. The van der Waals surface area contributed by atoms with Gasteiger partial charge in [0, 0.05) is 5.92 Å². The number of benzene rings is 1. The van der Waals surface area contributed by atoms with E-state index < -0.39 is 0 Å². The Morgan fingerprint density at radius 3 is 2.35 bits per heavy atom. The quantitative estimate of drug-likeness (QED) is 0.844. The highest BCUT2D eigenvalue weighted by Crippen LogP contribution is 2.39. The first-order chi connectivity index (χ1) is 8.34. The molecule has 0 unspecified atom stereocenters. The maximum Gasteiger partial charge on any atom is 0.223 e. The van der Waals surface area contributed by atoms with Crippen LogP contribution in [0, 0.1) is 11.8 Å². The standard InChI is InChI=1S/C15H19NO/c17-15(13-9-10-13)16-14(12-7-4-8-12)11-5-2-1-3-6-11/h1-3,5-6,12-14H,4,7-10H2,(H,16,17)/t14-/m1/s1. The summed E-state index contributed by atoms with van der Waals surface area (Å²) in [6, 6.07) is 10.7. The van der Waals surface area contributed by atoms with Crippen molar-refractivity contribution in [2.24, 2.45) is 11.8 Å². The van der Waals surface area contributed by atoms with E-state index in [1.807, 2.05) is 6.07 Å². The van der Waals surface area contributed by atoms with Gasteiger partial charge < -0.3 is 5.32 Å². The average Bonchev–Trinajstić information content (AvgIpc) is 3.10. The zero-order valence-corrected chi connectivity index (χ0v) is 10.1. The molecule has 0 bridgehead atoms. The SMILES string of the molecule is O=C(N[C@H](c1ccccc1)C1CCC1)C1CC1. The minimum Gasteiger partial charge on any atom is -0.349 e. The van der Waals surface area contributed by atoms with E-state index in [-0.39, 0.29) is 11.9 Å². The molecule has 0 aliphatic heterocycles. The molecule has 1 N–H and O–H groups in total. The molecule has 90 valence electrons. The molecular formula is C15H19NO. The van der Waals surface area contributed by atoms with Gasteiger partial charge in [0.1, 0.15) is 0 Å². The van der Waals surface area contributed by atoms with Crippen LogP contribution in [0.5, 0.6) is 0 Å². The Morgan fingerprint density at radius 2 is 1.82 bits per heavy atom. The van der Waals surface area contributed by atoms with Gasteiger partial charge in [-0.3, -0.25) is 4.79 Å². The summed E-state index contributed by atoms with van der Waals surface area (Å²) in [7, 11) is 0. The monoisotopic (exact) mass is 229 g/mol. The number of amides is 1. The molecule has 0 spiro atoms. The summed E-state index contributed by atoms with van der Waals surface area (Å²) in [5.41, 5.74) is 1.27. The van der Waals surface area contributed by atoms with Crippen molar-refractivity contribution in [2.45, 2.75) is 38.1 Å². The number of carbonyl (C=O) groups is 1.